The fraction of sp³-hybridized carbons (Fsp3) is 0.364. The third-order valence-corrected chi connectivity index (χ3v) is 5.25. The van der Waals surface area contributed by atoms with Crippen LogP contribution in [-0.2, 0) is 4.79 Å². The topological polar surface area (TPSA) is 87.1 Å². The average molecular weight is 383 g/mol. The summed E-state index contributed by atoms with van der Waals surface area (Å²) >= 11 is 0. The SMILES string of the molecule is CCC[C@]1(C(=O)O)CN(C(=O)c2cccc(Oc3ccccc3)c2)CC[C@H]1O. The normalized spacial score (nSPS) is 21.9. The Hall–Kier alpha value is -2.86. The van der Waals surface area contributed by atoms with Crippen LogP contribution in [0.3, 0.4) is 0 Å². The highest BCUT2D eigenvalue weighted by Gasteiger charge is 2.49. The van der Waals surface area contributed by atoms with Gasteiger partial charge in [-0.15, -0.1) is 0 Å². The first-order valence-electron chi connectivity index (χ1n) is 9.50. The summed E-state index contributed by atoms with van der Waals surface area (Å²) < 4.78 is 5.79. The van der Waals surface area contributed by atoms with Crippen molar-refractivity contribution in [2.75, 3.05) is 13.1 Å². The molecular formula is C22H25NO5. The van der Waals surface area contributed by atoms with Crippen LogP contribution in [0.15, 0.2) is 54.6 Å². The van der Waals surface area contributed by atoms with Gasteiger partial charge in [0, 0.05) is 18.7 Å². The first kappa shape index (κ1) is 19.9. The molecule has 0 unspecified atom stereocenters. The predicted molar refractivity (Wildman–Crippen MR) is 104 cm³/mol. The number of carbonyl (C=O) groups is 2. The van der Waals surface area contributed by atoms with Gasteiger partial charge in [0.2, 0.25) is 0 Å². The molecule has 1 amide bonds. The Labute approximate surface area is 164 Å². The molecule has 1 heterocycles. The highest BCUT2D eigenvalue weighted by atomic mass is 16.5. The van der Waals surface area contributed by atoms with Crippen molar-refractivity contribution in [2.24, 2.45) is 5.41 Å². The highest BCUT2D eigenvalue weighted by Crippen LogP contribution is 2.36. The number of nitrogens with zero attached hydrogens (tertiary/aromatic N) is 1. The van der Waals surface area contributed by atoms with Crippen molar-refractivity contribution < 1.29 is 24.5 Å². The number of rotatable bonds is 6. The van der Waals surface area contributed by atoms with Crippen LogP contribution >= 0.6 is 0 Å². The molecule has 2 aromatic carbocycles. The summed E-state index contributed by atoms with van der Waals surface area (Å²) in [7, 11) is 0. The van der Waals surface area contributed by atoms with Gasteiger partial charge in [-0.05, 0) is 43.2 Å². The Bertz CT molecular complexity index is 838. The van der Waals surface area contributed by atoms with Gasteiger partial charge in [-0.2, -0.15) is 0 Å². The van der Waals surface area contributed by atoms with E-state index in [0.717, 1.165) is 0 Å². The largest absolute Gasteiger partial charge is 0.481 e. The van der Waals surface area contributed by atoms with Crippen LogP contribution in [0, 0.1) is 5.41 Å². The lowest BCUT2D eigenvalue weighted by Gasteiger charge is -2.43. The van der Waals surface area contributed by atoms with Crippen LogP contribution < -0.4 is 4.74 Å². The molecule has 2 N–H and O–H groups in total. The fourth-order valence-electron chi connectivity index (χ4n) is 3.76. The van der Waals surface area contributed by atoms with E-state index in [-0.39, 0.29) is 18.9 Å². The van der Waals surface area contributed by atoms with Crippen molar-refractivity contribution in [2.45, 2.75) is 32.3 Å². The van der Waals surface area contributed by atoms with E-state index in [1.807, 2.05) is 37.3 Å². The number of para-hydroxylation sites is 1. The summed E-state index contributed by atoms with van der Waals surface area (Å²) in [6.45, 7) is 2.20. The van der Waals surface area contributed by atoms with Gasteiger partial charge < -0.3 is 19.8 Å². The van der Waals surface area contributed by atoms with Gasteiger partial charge >= 0.3 is 5.97 Å². The average Bonchev–Trinajstić information content (AvgIpc) is 2.70. The zero-order valence-corrected chi connectivity index (χ0v) is 15.9. The molecule has 148 valence electrons. The summed E-state index contributed by atoms with van der Waals surface area (Å²) in [5.74, 6) is -0.110. The number of ether oxygens (including phenoxy) is 1. The smallest absolute Gasteiger partial charge is 0.314 e. The molecule has 0 aliphatic carbocycles. The lowest BCUT2D eigenvalue weighted by atomic mass is 9.74. The van der Waals surface area contributed by atoms with E-state index in [4.69, 9.17) is 4.74 Å². The van der Waals surface area contributed by atoms with E-state index in [2.05, 4.69) is 0 Å². The first-order valence-corrected chi connectivity index (χ1v) is 9.50. The van der Waals surface area contributed by atoms with E-state index in [9.17, 15) is 19.8 Å². The minimum absolute atomic E-state index is 0.0000562. The molecule has 2 atom stereocenters. The van der Waals surface area contributed by atoms with Crippen molar-refractivity contribution in [3.05, 3.63) is 60.2 Å². The highest BCUT2D eigenvalue weighted by molar-refractivity contribution is 5.95. The third kappa shape index (κ3) is 4.02. The number of piperidine rings is 1. The van der Waals surface area contributed by atoms with Crippen LogP contribution in [-0.4, -0.2) is 46.2 Å². The van der Waals surface area contributed by atoms with Crippen molar-refractivity contribution in [3.63, 3.8) is 0 Å². The standard InChI is InChI=1S/C22H25NO5/c1-2-12-22(21(26)27)15-23(13-11-19(22)24)20(25)16-7-6-10-18(14-16)28-17-8-4-3-5-9-17/h3-10,14,19,24H,2,11-13,15H2,1H3,(H,26,27)/t19-,22+/m1/s1. The minimum atomic E-state index is -1.32. The zero-order chi connectivity index (χ0) is 20.1. The molecule has 0 aromatic heterocycles. The number of hydrogen-bond donors (Lipinski definition) is 2. The molecular weight excluding hydrogens is 358 g/mol. The number of hydrogen-bond acceptors (Lipinski definition) is 4. The number of likely N-dealkylation sites (tertiary alicyclic amines) is 1. The van der Waals surface area contributed by atoms with E-state index in [0.29, 0.717) is 36.4 Å². The van der Waals surface area contributed by atoms with E-state index in [1.165, 1.54) is 4.90 Å². The molecule has 0 spiro atoms. The number of carboxylic acid groups (broad SMARTS) is 1. The molecule has 0 bridgehead atoms. The predicted octanol–water partition coefficient (Wildman–Crippen LogP) is 3.56. The zero-order valence-electron chi connectivity index (χ0n) is 15.9. The molecule has 6 nitrogen and oxygen atoms in total. The van der Waals surface area contributed by atoms with Crippen LogP contribution in [0.1, 0.15) is 36.5 Å². The molecule has 1 aliphatic rings. The maximum absolute atomic E-state index is 13.0. The van der Waals surface area contributed by atoms with Gasteiger partial charge in [0.05, 0.1) is 6.10 Å². The van der Waals surface area contributed by atoms with Gasteiger partial charge in [-0.3, -0.25) is 9.59 Å². The summed E-state index contributed by atoms with van der Waals surface area (Å²) in [4.78, 5) is 26.5. The molecule has 2 aromatic rings. The Morgan fingerprint density at radius 1 is 1.14 bits per heavy atom. The monoisotopic (exact) mass is 383 g/mol. The summed E-state index contributed by atoms with van der Waals surface area (Å²) in [6, 6.07) is 16.1. The van der Waals surface area contributed by atoms with Gasteiger partial charge in [-0.25, -0.2) is 0 Å². The van der Waals surface area contributed by atoms with Crippen molar-refractivity contribution in [1.82, 2.24) is 4.90 Å². The molecule has 28 heavy (non-hydrogen) atoms. The lowest BCUT2D eigenvalue weighted by molar-refractivity contribution is -0.162. The number of aliphatic hydroxyl groups is 1. The second-order valence-corrected chi connectivity index (χ2v) is 7.19. The van der Waals surface area contributed by atoms with E-state index in [1.54, 1.807) is 24.3 Å². The van der Waals surface area contributed by atoms with Crippen molar-refractivity contribution in [3.8, 4) is 11.5 Å². The maximum atomic E-state index is 13.0. The quantitative estimate of drug-likeness (QED) is 0.796. The Morgan fingerprint density at radius 3 is 2.54 bits per heavy atom. The number of amides is 1. The molecule has 0 saturated carbocycles. The van der Waals surface area contributed by atoms with Crippen LogP contribution in [0.5, 0.6) is 11.5 Å². The second kappa shape index (κ2) is 8.44. The van der Waals surface area contributed by atoms with Gasteiger partial charge in [-0.1, -0.05) is 37.6 Å². The molecule has 6 heteroatoms. The van der Waals surface area contributed by atoms with E-state index < -0.39 is 17.5 Å². The number of aliphatic hydroxyl groups excluding tert-OH is 1. The van der Waals surface area contributed by atoms with Crippen LogP contribution in [0.4, 0.5) is 0 Å². The second-order valence-electron chi connectivity index (χ2n) is 7.19. The van der Waals surface area contributed by atoms with Crippen molar-refractivity contribution in [1.29, 1.82) is 0 Å². The molecule has 3 rings (SSSR count). The number of benzene rings is 2. The molecule has 1 fully saturated rings. The van der Waals surface area contributed by atoms with Crippen LogP contribution in [0.25, 0.3) is 0 Å². The minimum Gasteiger partial charge on any atom is -0.481 e. The third-order valence-electron chi connectivity index (χ3n) is 5.25. The fourth-order valence-corrected chi connectivity index (χ4v) is 3.76. The summed E-state index contributed by atoms with van der Waals surface area (Å²) in [5, 5.41) is 20.1. The lowest BCUT2D eigenvalue weighted by Crippen LogP contribution is -2.57. The maximum Gasteiger partial charge on any atom is 0.314 e. The summed E-state index contributed by atoms with van der Waals surface area (Å²) in [6.07, 6.45) is 0.232. The van der Waals surface area contributed by atoms with Gasteiger partial charge in [0.15, 0.2) is 0 Å². The Balaban J connectivity index is 1.80. The Morgan fingerprint density at radius 2 is 1.86 bits per heavy atom. The first-order chi connectivity index (χ1) is 13.5. The van der Waals surface area contributed by atoms with Crippen LogP contribution in [0.2, 0.25) is 0 Å². The number of carbonyl (C=O) groups excluding carboxylic acids is 1. The Kier molecular flexibility index (Phi) is 5.99. The van der Waals surface area contributed by atoms with Gasteiger partial charge in [0.1, 0.15) is 16.9 Å². The molecule has 0 radical (unpaired) electrons. The molecule has 1 saturated heterocycles. The van der Waals surface area contributed by atoms with E-state index >= 15 is 0 Å². The molecule has 1 aliphatic heterocycles. The van der Waals surface area contributed by atoms with Crippen molar-refractivity contribution >= 4 is 11.9 Å². The summed E-state index contributed by atoms with van der Waals surface area (Å²) in [5.41, 5.74) is -0.888. The number of carboxylic acids is 1. The number of aliphatic carboxylic acids is 1. The van der Waals surface area contributed by atoms with Gasteiger partial charge in [0.25, 0.3) is 5.91 Å².